The first-order valence-corrected chi connectivity index (χ1v) is 7.81. The van der Waals surface area contributed by atoms with Gasteiger partial charge in [0.05, 0.1) is 0 Å². The zero-order valence-corrected chi connectivity index (χ0v) is 12.7. The lowest BCUT2D eigenvalue weighted by molar-refractivity contribution is 0.221. The van der Waals surface area contributed by atoms with E-state index >= 15 is 0 Å². The molecule has 0 spiro atoms. The van der Waals surface area contributed by atoms with Crippen LogP contribution in [0.2, 0.25) is 0 Å². The van der Waals surface area contributed by atoms with E-state index in [-0.39, 0.29) is 0 Å². The van der Waals surface area contributed by atoms with Crippen LogP contribution in [-0.2, 0) is 0 Å². The van der Waals surface area contributed by atoms with Crippen molar-refractivity contribution >= 4 is 11.8 Å². The Hall–Kier alpha value is -0.510. The van der Waals surface area contributed by atoms with Gasteiger partial charge in [-0.25, -0.2) is 0 Å². The monoisotopic (exact) mass is 264 g/mol. The molecule has 1 aromatic rings. The second-order valence-electron chi connectivity index (χ2n) is 5.23. The van der Waals surface area contributed by atoms with E-state index in [1.54, 1.807) is 0 Å². The molecule has 0 saturated carbocycles. The lowest BCUT2D eigenvalue weighted by Crippen LogP contribution is -2.47. The van der Waals surface area contributed by atoms with Crippen LogP contribution in [0.15, 0.2) is 18.2 Å². The van der Waals surface area contributed by atoms with Crippen molar-refractivity contribution in [1.29, 1.82) is 0 Å². The third-order valence-electron chi connectivity index (χ3n) is 4.03. The fourth-order valence-electron chi connectivity index (χ4n) is 2.60. The number of likely N-dealkylation sites (N-methyl/N-ethyl adjacent to an activating group) is 2. The van der Waals surface area contributed by atoms with Gasteiger partial charge in [-0.2, -0.15) is 11.8 Å². The summed E-state index contributed by atoms with van der Waals surface area (Å²) in [5, 5.41) is 3.51. The molecular formula is C15H24N2S. The van der Waals surface area contributed by atoms with Crippen molar-refractivity contribution in [3.8, 4) is 0 Å². The van der Waals surface area contributed by atoms with Gasteiger partial charge in [0.1, 0.15) is 0 Å². The quantitative estimate of drug-likeness (QED) is 0.903. The van der Waals surface area contributed by atoms with E-state index in [2.05, 4.69) is 68.1 Å². The average molecular weight is 264 g/mol. The summed E-state index contributed by atoms with van der Waals surface area (Å²) in [6, 6.07) is 7.88. The highest BCUT2D eigenvalue weighted by Crippen LogP contribution is 2.27. The topological polar surface area (TPSA) is 15.3 Å². The minimum Gasteiger partial charge on any atom is -0.312 e. The second-order valence-corrected chi connectivity index (χ2v) is 6.38. The molecule has 0 bridgehead atoms. The maximum Gasteiger partial charge on any atom is 0.0483 e. The van der Waals surface area contributed by atoms with E-state index in [1.165, 1.54) is 34.7 Å². The van der Waals surface area contributed by atoms with Crippen molar-refractivity contribution in [2.45, 2.75) is 25.9 Å². The van der Waals surface area contributed by atoms with Gasteiger partial charge in [0.15, 0.2) is 0 Å². The Morgan fingerprint density at radius 3 is 2.72 bits per heavy atom. The molecule has 2 unspecified atom stereocenters. The molecule has 1 fully saturated rings. The standard InChI is InChI=1S/C15H24N2S/c1-11-5-6-13(9-12(11)2)15(16-3)14-10-18-8-7-17(14)4/h5-6,9,14-16H,7-8,10H2,1-4H3. The fraction of sp³-hybridized carbons (Fsp3) is 0.600. The van der Waals surface area contributed by atoms with Crippen molar-refractivity contribution < 1.29 is 0 Å². The van der Waals surface area contributed by atoms with Crippen molar-refractivity contribution in [3.05, 3.63) is 34.9 Å². The zero-order chi connectivity index (χ0) is 13.1. The van der Waals surface area contributed by atoms with Crippen LogP contribution in [0.5, 0.6) is 0 Å². The van der Waals surface area contributed by atoms with Crippen LogP contribution in [0.3, 0.4) is 0 Å². The number of rotatable bonds is 3. The van der Waals surface area contributed by atoms with E-state index in [9.17, 15) is 0 Å². The lowest BCUT2D eigenvalue weighted by Gasteiger charge is -2.38. The first-order chi connectivity index (χ1) is 8.63. The number of hydrogen-bond acceptors (Lipinski definition) is 3. The first-order valence-electron chi connectivity index (χ1n) is 6.66. The van der Waals surface area contributed by atoms with E-state index in [0.717, 1.165) is 0 Å². The molecule has 18 heavy (non-hydrogen) atoms. The summed E-state index contributed by atoms with van der Waals surface area (Å²) >= 11 is 2.07. The molecule has 3 heteroatoms. The molecule has 0 amide bonds. The van der Waals surface area contributed by atoms with Gasteiger partial charge in [0, 0.05) is 30.1 Å². The first kappa shape index (κ1) is 13.9. The summed E-state index contributed by atoms with van der Waals surface area (Å²) in [6.07, 6.45) is 0. The minimum atomic E-state index is 0.432. The molecule has 0 radical (unpaired) electrons. The Bertz CT molecular complexity index is 405. The van der Waals surface area contributed by atoms with Crippen molar-refractivity contribution in [2.24, 2.45) is 0 Å². The summed E-state index contributed by atoms with van der Waals surface area (Å²) in [5.41, 5.74) is 4.18. The maximum atomic E-state index is 3.51. The molecule has 100 valence electrons. The molecule has 1 saturated heterocycles. The number of thioether (sulfide) groups is 1. The van der Waals surface area contributed by atoms with E-state index in [1.807, 2.05) is 0 Å². The highest BCUT2D eigenvalue weighted by Gasteiger charge is 2.28. The molecule has 1 aromatic carbocycles. The van der Waals surface area contributed by atoms with Crippen LogP contribution in [0.1, 0.15) is 22.7 Å². The Morgan fingerprint density at radius 2 is 2.11 bits per heavy atom. The summed E-state index contributed by atoms with van der Waals surface area (Å²) in [6.45, 7) is 5.57. The Morgan fingerprint density at radius 1 is 1.33 bits per heavy atom. The molecule has 1 aliphatic rings. The smallest absolute Gasteiger partial charge is 0.0483 e. The third-order valence-corrected chi connectivity index (χ3v) is 5.08. The van der Waals surface area contributed by atoms with Crippen molar-refractivity contribution in [2.75, 3.05) is 32.1 Å². The summed E-state index contributed by atoms with van der Waals surface area (Å²) < 4.78 is 0. The van der Waals surface area contributed by atoms with E-state index in [4.69, 9.17) is 0 Å². The number of benzene rings is 1. The number of hydrogen-bond donors (Lipinski definition) is 1. The minimum absolute atomic E-state index is 0.432. The summed E-state index contributed by atoms with van der Waals surface area (Å²) in [4.78, 5) is 2.49. The van der Waals surface area contributed by atoms with Gasteiger partial charge in [-0.05, 0) is 44.6 Å². The van der Waals surface area contributed by atoms with Gasteiger partial charge < -0.3 is 5.32 Å². The van der Waals surface area contributed by atoms with Crippen LogP contribution in [-0.4, -0.2) is 43.1 Å². The summed E-state index contributed by atoms with van der Waals surface area (Å²) in [7, 11) is 4.32. The molecule has 1 heterocycles. The summed E-state index contributed by atoms with van der Waals surface area (Å²) in [5.74, 6) is 2.48. The van der Waals surface area contributed by atoms with Crippen molar-refractivity contribution in [3.63, 3.8) is 0 Å². The molecule has 2 atom stereocenters. The van der Waals surface area contributed by atoms with Gasteiger partial charge in [0.2, 0.25) is 0 Å². The fourth-order valence-corrected chi connectivity index (χ4v) is 3.87. The van der Waals surface area contributed by atoms with Crippen LogP contribution < -0.4 is 5.32 Å². The molecule has 1 aliphatic heterocycles. The molecule has 2 rings (SSSR count). The van der Waals surface area contributed by atoms with Gasteiger partial charge in [-0.3, -0.25) is 4.90 Å². The Labute approximate surface area is 115 Å². The van der Waals surface area contributed by atoms with Gasteiger partial charge in [0.25, 0.3) is 0 Å². The van der Waals surface area contributed by atoms with Crippen molar-refractivity contribution in [1.82, 2.24) is 10.2 Å². The normalized spacial score (nSPS) is 23.0. The Kier molecular flexibility index (Phi) is 4.71. The van der Waals surface area contributed by atoms with Gasteiger partial charge in [-0.1, -0.05) is 18.2 Å². The SMILES string of the molecule is CNC(c1ccc(C)c(C)c1)C1CSCCN1C. The van der Waals surface area contributed by atoms with Crippen LogP contribution in [0.25, 0.3) is 0 Å². The zero-order valence-electron chi connectivity index (χ0n) is 11.9. The van der Waals surface area contributed by atoms with E-state index < -0.39 is 0 Å². The predicted molar refractivity (Wildman–Crippen MR) is 81.5 cm³/mol. The highest BCUT2D eigenvalue weighted by molar-refractivity contribution is 7.99. The molecule has 2 nitrogen and oxygen atoms in total. The van der Waals surface area contributed by atoms with Gasteiger partial charge >= 0.3 is 0 Å². The lowest BCUT2D eigenvalue weighted by atomic mass is 9.96. The molecule has 0 aromatic heterocycles. The van der Waals surface area contributed by atoms with Crippen LogP contribution in [0.4, 0.5) is 0 Å². The maximum absolute atomic E-state index is 3.51. The Balaban J connectivity index is 2.23. The highest BCUT2D eigenvalue weighted by atomic mass is 32.2. The van der Waals surface area contributed by atoms with Crippen LogP contribution >= 0.6 is 11.8 Å². The number of nitrogens with one attached hydrogen (secondary N) is 1. The van der Waals surface area contributed by atoms with Crippen LogP contribution in [0, 0.1) is 13.8 Å². The number of aryl methyl sites for hydroxylation is 2. The van der Waals surface area contributed by atoms with Gasteiger partial charge in [-0.15, -0.1) is 0 Å². The molecule has 0 aliphatic carbocycles. The average Bonchev–Trinajstić information content (AvgIpc) is 2.37. The largest absolute Gasteiger partial charge is 0.312 e. The van der Waals surface area contributed by atoms with E-state index in [0.29, 0.717) is 12.1 Å². The second kappa shape index (κ2) is 6.09. The molecule has 1 N–H and O–H groups in total. The predicted octanol–water partition coefficient (Wildman–Crippen LogP) is 2.61. The third kappa shape index (κ3) is 2.90. The molecular weight excluding hydrogens is 240 g/mol. The number of nitrogens with zero attached hydrogens (tertiary/aromatic N) is 1.